The molecule has 0 spiro atoms. The number of methoxy groups -OCH3 is 2. The molecule has 2 heterocycles. The van der Waals surface area contributed by atoms with E-state index < -0.39 is 5.97 Å². The van der Waals surface area contributed by atoms with Crippen molar-refractivity contribution in [3.63, 3.8) is 0 Å². The lowest BCUT2D eigenvalue weighted by Crippen LogP contribution is -3.15. The molecule has 1 unspecified atom stereocenters. The third-order valence-electron chi connectivity index (χ3n) is 6.72. The summed E-state index contributed by atoms with van der Waals surface area (Å²) in [5.41, 5.74) is 1.98. The number of rotatable bonds is 5. The van der Waals surface area contributed by atoms with Crippen molar-refractivity contribution in [2.45, 2.75) is 46.1 Å². The van der Waals surface area contributed by atoms with Gasteiger partial charge >= 0.3 is 5.97 Å². The van der Waals surface area contributed by atoms with Crippen LogP contribution in [-0.2, 0) is 9.53 Å². The molecule has 1 aromatic heterocycles. The highest BCUT2D eigenvalue weighted by atomic mass is 16.5. The van der Waals surface area contributed by atoms with Crippen LogP contribution < -0.4 is 15.0 Å². The molecule has 30 heavy (non-hydrogen) atoms. The van der Waals surface area contributed by atoms with Crippen LogP contribution in [0.4, 0.5) is 5.69 Å². The number of fused-ring (bicyclic) bond motifs is 3. The van der Waals surface area contributed by atoms with E-state index in [1.54, 1.807) is 7.11 Å². The molecule has 1 aliphatic heterocycles. The van der Waals surface area contributed by atoms with Gasteiger partial charge < -0.3 is 24.7 Å². The van der Waals surface area contributed by atoms with Gasteiger partial charge in [-0.25, -0.2) is 4.79 Å². The van der Waals surface area contributed by atoms with Crippen molar-refractivity contribution in [1.82, 2.24) is 4.98 Å². The third-order valence-corrected chi connectivity index (χ3v) is 6.72. The molecule has 1 aromatic carbocycles. The highest BCUT2D eigenvalue weighted by Crippen LogP contribution is 2.47. The number of H-pyrrole nitrogens is 1. The minimum absolute atomic E-state index is 0.101. The normalized spacial score (nSPS) is 27.1. The first kappa shape index (κ1) is 20.7. The molecule has 0 radical (unpaired) electrons. The first-order chi connectivity index (χ1) is 14.1. The van der Waals surface area contributed by atoms with E-state index in [0.717, 1.165) is 13.0 Å². The van der Waals surface area contributed by atoms with Crippen LogP contribution in [0.5, 0.6) is 5.75 Å². The van der Waals surface area contributed by atoms with Gasteiger partial charge in [-0.15, -0.1) is 0 Å². The summed E-state index contributed by atoms with van der Waals surface area (Å²) in [7, 11) is 2.90. The number of carbonyl (C=O) groups is 2. The van der Waals surface area contributed by atoms with Crippen molar-refractivity contribution in [3.8, 4) is 5.75 Å². The van der Waals surface area contributed by atoms with Crippen molar-refractivity contribution in [2.75, 3.05) is 32.6 Å². The lowest BCUT2D eigenvalue weighted by Gasteiger charge is -2.37. The molecule has 3 atom stereocenters. The van der Waals surface area contributed by atoms with Crippen LogP contribution in [0.3, 0.4) is 0 Å². The predicted octanol–water partition coefficient (Wildman–Crippen LogP) is 2.39. The Kier molecular flexibility index (Phi) is 5.04. The van der Waals surface area contributed by atoms with Gasteiger partial charge in [0.05, 0.1) is 43.4 Å². The Morgan fingerprint density at radius 1 is 1.23 bits per heavy atom. The van der Waals surface area contributed by atoms with Gasteiger partial charge in [-0.05, 0) is 24.0 Å². The number of ether oxygens (including phenoxy) is 2. The quantitative estimate of drug-likeness (QED) is 0.656. The molecule has 2 bridgehead atoms. The molecule has 162 valence electrons. The lowest BCUT2D eigenvalue weighted by molar-refractivity contribution is -0.906. The van der Waals surface area contributed by atoms with Gasteiger partial charge in [0.25, 0.3) is 5.91 Å². The van der Waals surface area contributed by atoms with Crippen LogP contribution in [0.25, 0.3) is 10.9 Å². The maximum Gasteiger partial charge on any atom is 0.356 e. The number of likely N-dealkylation sites (tertiary alicyclic amines) is 1. The zero-order valence-corrected chi connectivity index (χ0v) is 18.5. The molecule has 2 aromatic rings. The number of aromatic amines is 1. The van der Waals surface area contributed by atoms with Gasteiger partial charge in [0.2, 0.25) is 0 Å². The second-order valence-electron chi connectivity index (χ2n) is 10.1. The molecule has 1 saturated heterocycles. The predicted molar refractivity (Wildman–Crippen MR) is 115 cm³/mol. The molecule has 3 N–H and O–H groups in total. The number of esters is 1. The van der Waals surface area contributed by atoms with Crippen molar-refractivity contribution >= 4 is 28.5 Å². The van der Waals surface area contributed by atoms with E-state index in [2.05, 4.69) is 31.1 Å². The molecule has 1 aliphatic carbocycles. The number of benzene rings is 1. The largest absolute Gasteiger partial charge is 0.496 e. The Morgan fingerprint density at radius 2 is 2.00 bits per heavy atom. The van der Waals surface area contributed by atoms with E-state index in [0.29, 0.717) is 45.8 Å². The zero-order valence-electron chi connectivity index (χ0n) is 18.5. The van der Waals surface area contributed by atoms with Gasteiger partial charge in [-0.3, -0.25) is 4.79 Å². The summed E-state index contributed by atoms with van der Waals surface area (Å²) in [5, 5.41) is 3.67. The van der Waals surface area contributed by atoms with Crippen LogP contribution in [-0.4, -0.2) is 50.2 Å². The van der Waals surface area contributed by atoms with E-state index in [1.807, 2.05) is 18.2 Å². The highest BCUT2D eigenvalue weighted by molar-refractivity contribution is 6.13. The third kappa shape index (κ3) is 3.67. The van der Waals surface area contributed by atoms with Crippen LogP contribution >= 0.6 is 0 Å². The number of anilines is 1. The molecule has 2 aliphatic rings. The Balaban J connectivity index is 1.60. The lowest BCUT2D eigenvalue weighted by atomic mass is 9.65. The minimum Gasteiger partial charge on any atom is -0.496 e. The summed E-state index contributed by atoms with van der Waals surface area (Å²) in [6, 6.07) is 5.99. The topological polar surface area (TPSA) is 84.9 Å². The van der Waals surface area contributed by atoms with Gasteiger partial charge in [0, 0.05) is 18.3 Å². The van der Waals surface area contributed by atoms with E-state index in [1.165, 1.54) is 24.9 Å². The number of nitrogens with one attached hydrogen (secondary N) is 3. The Morgan fingerprint density at radius 3 is 2.70 bits per heavy atom. The number of hydrogen-bond donors (Lipinski definition) is 3. The summed E-state index contributed by atoms with van der Waals surface area (Å²) in [4.78, 5) is 29.8. The summed E-state index contributed by atoms with van der Waals surface area (Å²) in [6.07, 6.45) is 3.51. The fourth-order valence-corrected chi connectivity index (χ4v) is 6.11. The van der Waals surface area contributed by atoms with Gasteiger partial charge in [0.1, 0.15) is 11.4 Å². The van der Waals surface area contributed by atoms with Crippen LogP contribution in [0.1, 0.15) is 50.5 Å². The Labute approximate surface area is 177 Å². The molecule has 1 saturated carbocycles. The van der Waals surface area contributed by atoms with Crippen molar-refractivity contribution in [1.29, 1.82) is 0 Å². The molecular formula is C23H32N3O4+. The van der Waals surface area contributed by atoms with Gasteiger partial charge in [-0.1, -0.05) is 26.8 Å². The Hall–Kier alpha value is -2.54. The first-order valence-corrected chi connectivity index (χ1v) is 10.6. The Bertz CT molecular complexity index is 996. The van der Waals surface area contributed by atoms with Crippen molar-refractivity contribution < 1.29 is 24.0 Å². The standard InChI is InChI=1S/C23H31N3O4/c1-22(2)9-14-10-23(3,12-22)13-26(14)11-17(27)25-19-18-15(7-6-8-16(18)29-4)24-20(19)21(28)30-5/h6-8,14,24H,9-13H2,1-5H3,(H,25,27)/p+1/t14-,23-/m1/s1. The van der Waals surface area contributed by atoms with Gasteiger partial charge in [-0.2, -0.15) is 0 Å². The van der Waals surface area contributed by atoms with Crippen LogP contribution in [0.15, 0.2) is 18.2 Å². The molecule has 7 heteroatoms. The maximum absolute atomic E-state index is 13.1. The minimum atomic E-state index is -0.526. The SMILES string of the molecule is COC(=O)c1[nH]c2cccc(OC)c2c1NC(=O)C[NH+]1C[C@]2(C)C[C@H]1CC(C)(C)C2. The van der Waals surface area contributed by atoms with E-state index in [-0.39, 0.29) is 11.6 Å². The van der Waals surface area contributed by atoms with Crippen LogP contribution in [0, 0.1) is 10.8 Å². The maximum atomic E-state index is 13.1. The zero-order chi connectivity index (χ0) is 21.7. The number of carbonyl (C=O) groups excluding carboxylic acids is 2. The summed E-state index contributed by atoms with van der Waals surface area (Å²) in [5.74, 6) is -0.0362. The monoisotopic (exact) mass is 414 g/mol. The number of amides is 1. The number of quaternary nitrogens is 1. The number of hydrogen-bond acceptors (Lipinski definition) is 4. The average Bonchev–Trinajstić information content (AvgIpc) is 3.14. The smallest absolute Gasteiger partial charge is 0.356 e. The van der Waals surface area contributed by atoms with E-state index >= 15 is 0 Å². The summed E-state index contributed by atoms with van der Waals surface area (Å²) >= 11 is 0. The van der Waals surface area contributed by atoms with Crippen molar-refractivity contribution in [2.24, 2.45) is 10.8 Å². The second-order valence-corrected chi connectivity index (χ2v) is 10.1. The highest BCUT2D eigenvalue weighted by Gasteiger charge is 2.53. The molecule has 1 amide bonds. The molecule has 2 fully saturated rings. The summed E-state index contributed by atoms with van der Waals surface area (Å²) in [6.45, 7) is 8.42. The van der Waals surface area contributed by atoms with Gasteiger partial charge in [0.15, 0.2) is 6.54 Å². The fourth-order valence-electron chi connectivity index (χ4n) is 6.11. The van der Waals surface area contributed by atoms with E-state index in [9.17, 15) is 9.59 Å². The number of aromatic nitrogens is 1. The van der Waals surface area contributed by atoms with E-state index in [4.69, 9.17) is 9.47 Å². The molecule has 4 rings (SSSR count). The fraction of sp³-hybridized carbons (Fsp3) is 0.565. The van der Waals surface area contributed by atoms with Crippen molar-refractivity contribution in [3.05, 3.63) is 23.9 Å². The summed E-state index contributed by atoms with van der Waals surface area (Å²) < 4.78 is 10.4. The van der Waals surface area contributed by atoms with Crippen LogP contribution in [0.2, 0.25) is 0 Å². The second kappa shape index (κ2) is 7.30. The average molecular weight is 415 g/mol. The molecular weight excluding hydrogens is 382 g/mol. The first-order valence-electron chi connectivity index (χ1n) is 10.6. The molecule has 7 nitrogen and oxygen atoms in total.